The van der Waals surface area contributed by atoms with Gasteiger partial charge < -0.3 is 20.2 Å². The molecule has 31 heavy (non-hydrogen) atoms. The highest BCUT2D eigenvalue weighted by molar-refractivity contribution is 6.03. The van der Waals surface area contributed by atoms with Gasteiger partial charge in [0.1, 0.15) is 12.3 Å². The van der Waals surface area contributed by atoms with E-state index in [1.807, 2.05) is 0 Å². The summed E-state index contributed by atoms with van der Waals surface area (Å²) in [6.07, 6.45) is 5.22. The number of hydrogen-bond acceptors (Lipinski definition) is 7. The van der Waals surface area contributed by atoms with Gasteiger partial charge in [-0.15, -0.1) is 0 Å². The number of imidazole rings is 1. The number of pyridine rings is 1. The normalized spacial score (nSPS) is 16.0. The largest absolute Gasteiger partial charge is 0.449 e. The number of carbonyl (C=O) groups excluding carboxylic acids is 3. The number of hydrogen-bond donors (Lipinski definition) is 2. The van der Waals surface area contributed by atoms with Gasteiger partial charge in [-0.3, -0.25) is 14.5 Å². The molecule has 4 heterocycles. The number of nitrogens with zero attached hydrogens (tertiary/aromatic N) is 5. The number of halogens is 1. The molecule has 160 valence electrons. The zero-order valence-electron chi connectivity index (χ0n) is 16.4. The Morgan fingerprint density at radius 1 is 1.32 bits per heavy atom. The first-order valence-corrected chi connectivity index (χ1v) is 9.33. The topological polar surface area (TPSA) is 145 Å². The molecular formula is C19H18FN7O4. The highest BCUT2D eigenvalue weighted by Gasteiger charge is 2.34. The number of primary amides is 1. The molecule has 1 saturated heterocycles. The van der Waals surface area contributed by atoms with Gasteiger partial charge in [-0.25, -0.2) is 24.1 Å². The van der Waals surface area contributed by atoms with Gasteiger partial charge in [-0.1, -0.05) is 0 Å². The Morgan fingerprint density at radius 2 is 2.13 bits per heavy atom. The molecule has 0 saturated carbocycles. The number of fused-ring (bicyclic) bond motifs is 1. The molecule has 3 aromatic heterocycles. The Balaban J connectivity index is 1.44. The van der Waals surface area contributed by atoms with E-state index in [9.17, 15) is 18.8 Å². The second-order valence-corrected chi connectivity index (χ2v) is 7.01. The average molecular weight is 427 g/mol. The summed E-state index contributed by atoms with van der Waals surface area (Å²) >= 11 is 0. The third-order valence-electron chi connectivity index (χ3n) is 4.78. The molecule has 0 aliphatic carbocycles. The number of ether oxygens (including phenoxy) is 1. The molecule has 0 bridgehead atoms. The second-order valence-electron chi connectivity index (χ2n) is 7.01. The molecule has 0 aromatic carbocycles. The number of aromatic nitrogens is 4. The van der Waals surface area contributed by atoms with E-state index in [2.05, 4.69) is 20.3 Å². The summed E-state index contributed by atoms with van der Waals surface area (Å²) in [6, 6.07) is 1.17. The SMILES string of the molecule is Cc1cn2cc(NC(=O)c3cnc(N4CCC(COC(N)=O)C4=O)cn3)cc(F)c2n1. The van der Waals surface area contributed by atoms with E-state index >= 15 is 0 Å². The number of rotatable bonds is 5. The summed E-state index contributed by atoms with van der Waals surface area (Å²) in [6.45, 7) is 2.01. The van der Waals surface area contributed by atoms with Crippen molar-refractivity contribution < 1.29 is 23.5 Å². The van der Waals surface area contributed by atoms with E-state index < -0.39 is 23.7 Å². The number of amides is 3. The van der Waals surface area contributed by atoms with Crippen LogP contribution in [0, 0.1) is 18.7 Å². The van der Waals surface area contributed by atoms with E-state index in [1.165, 1.54) is 34.0 Å². The molecule has 1 atom stereocenters. The standard InChI is InChI=1S/C19H18FN7O4/c1-10-7-26-8-12(4-13(20)16(26)24-10)25-17(28)14-5-23-15(6-22-14)27-3-2-11(18(27)29)9-31-19(21)30/h4-8,11H,2-3,9H2,1H3,(H2,21,30)(H,25,28). The molecule has 0 spiro atoms. The maximum Gasteiger partial charge on any atom is 0.404 e. The van der Waals surface area contributed by atoms with Crippen molar-refractivity contribution >= 4 is 35.1 Å². The zero-order valence-corrected chi connectivity index (χ0v) is 16.4. The van der Waals surface area contributed by atoms with E-state index in [0.717, 1.165) is 0 Å². The van der Waals surface area contributed by atoms with Gasteiger partial charge in [-0.2, -0.15) is 0 Å². The van der Waals surface area contributed by atoms with Crippen LogP contribution in [0.3, 0.4) is 0 Å². The minimum absolute atomic E-state index is 0.00803. The molecule has 0 radical (unpaired) electrons. The molecule has 1 unspecified atom stereocenters. The van der Waals surface area contributed by atoms with Crippen LogP contribution in [0.4, 0.5) is 20.7 Å². The summed E-state index contributed by atoms with van der Waals surface area (Å²) in [5.74, 6) is -1.67. The number of carbonyl (C=O) groups is 3. The van der Waals surface area contributed by atoms with Gasteiger partial charge in [0.15, 0.2) is 17.3 Å². The van der Waals surface area contributed by atoms with Crippen LogP contribution in [0.15, 0.2) is 30.9 Å². The van der Waals surface area contributed by atoms with Crippen molar-refractivity contribution in [2.45, 2.75) is 13.3 Å². The fraction of sp³-hybridized carbons (Fsp3) is 0.263. The van der Waals surface area contributed by atoms with E-state index in [1.54, 1.807) is 13.1 Å². The van der Waals surface area contributed by atoms with Crippen molar-refractivity contribution in [1.29, 1.82) is 0 Å². The van der Waals surface area contributed by atoms with Gasteiger partial charge in [0.05, 0.1) is 29.7 Å². The number of nitrogens with two attached hydrogens (primary N) is 1. The maximum atomic E-state index is 14.2. The molecule has 3 amide bonds. The monoisotopic (exact) mass is 427 g/mol. The van der Waals surface area contributed by atoms with Crippen LogP contribution in [0.1, 0.15) is 22.6 Å². The Kier molecular flexibility index (Phi) is 5.19. The second kappa shape index (κ2) is 7.97. The zero-order chi connectivity index (χ0) is 22.1. The third-order valence-corrected chi connectivity index (χ3v) is 4.78. The van der Waals surface area contributed by atoms with Gasteiger partial charge in [0, 0.05) is 25.0 Å². The van der Waals surface area contributed by atoms with Gasteiger partial charge in [0.2, 0.25) is 5.91 Å². The lowest BCUT2D eigenvalue weighted by molar-refractivity contribution is -0.121. The first kappa shape index (κ1) is 20.2. The van der Waals surface area contributed by atoms with Gasteiger partial charge in [-0.05, 0) is 13.3 Å². The molecule has 11 nitrogen and oxygen atoms in total. The molecule has 1 aliphatic heterocycles. The van der Waals surface area contributed by atoms with Crippen LogP contribution in [0.25, 0.3) is 5.65 Å². The summed E-state index contributed by atoms with van der Waals surface area (Å²) in [5.41, 5.74) is 5.95. The predicted molar refractivity (Wildman–Crippen MR) is 106 cm³/mol. The molecule has 4 rings (SSSR count). The van der Waals surface area contributed by atoms with Gasteiger partial charge in [0.25, 0.3) is 5.91 Å². The molecular weight excluding hydrogens is 409 g/mol. The van der Waals surface area contributed by atoms with Crippen LogP contribution in [0.2, 0.25) is 0 Å². The van der Waals surface area contributed by atoms with E-state index in [-0.39, 0.29) is 35.4 Å². The first-order chi connectivity index (χ1) is 14.8. The van der Waals surface area contributed by atoms with Crippen molar-refractivity contribution in [2.24, 2.45) is 11.7 Å². The van der Waals surface area contributed by atoms with E-state index in [0.29, 0.717) is 18.7 Å². The number of aryl methyl sites for hydroxylation is 1. The Labute approximate surface area is 175 Å². The molecule has 12 heteroatoms. The molecule has 1 fully saturated rings. The van der Waals surface area contributed by atoms with Crippen LogP contribution in [-0.2, 0) is 9.53 Å². The summed E-state index contributed by atoms with van der Waals surface area (Å²) < 4.78 is 20.3. The van der Waals surface area contributed by atoms with E-state index in [4.69, 9.17) is 10.5 Å². The summed E-state index contributed by atoms with van der Waals surface area (Å²) in [4.78, 5) is 49.3. The molecule has 1 aliphatic rings. The minimum Gasteiger partial charge on any atom is -0.449 e. The van der Waals surface area contributed by atoms with Crippen LogP contribution < -0.4 is 16.0 Å². The van der Waals surface area contributed by atoms with Crippen LogP contribution in [0.5, 0.6) is 0 Å². The highest BCUT2D eigenvalue weighted by atomic mass is 19.1. The third kappa shape index (κ3) is 4.13. The van der Waals surface area contributed by atoms with Crippen LogP contribution in [-0.4, -0.2) is 50.4 Å². The Bertz CT molecular complexity index is 1180. The molecule has 3 N–H and O–H groups in total. The van der Waals surface area contributed by atoms with Crippen LogP contribution >= 0.6 is 0 Å². The molecule has 3 aromatic rings. The Hall–Kier alpha value is -4.09. The van der Waals surface area contributed by atoms with Crippen molar-refractivity contribution in [1.82, 2.24) is 19.4 Å². The lowest BCUT2D eigenvalue weighted by Gasteiger charge is -2.15. The smallest absolute Gasteiger partial charge is 0.404 e. The van der Waals surface area contributed by atoms with Crippen molar-refractivity contribution in [3.8, 4) is 0 Å². The fourth-order valence-corrected chi connectivity index (χ4v) is 3.32. The van der Waals surface area contributed by atoms with Crippen molar-refractivity contribution in [3.05, 3.63) is 48.1 Å². The number of anilines is 2. The Morgan fingerprint density at radius 3 is 2.84 bits per heavy atom. The van der Waals surface area contributed by atoms with Crippen molar-refractivity contribution in [3.63, 3.8) is 0 Å². The minimum atomic E-state index is -0.941. The number of nitrogens with one attached hydrogen (secondary N) is 1. The fourth-order valence-electron chi connectivity index (χ4n) is 3.32. The maximum absolute atomic E-state index is 14.2. The van der Waals surface area contributed by atoms with Crippen molar-refractivity contribution in [2.75, 3.05) is 23.4 Å². The lowest BCUT2D eigenvalue weighted by atomic mass is 10.1. The summed E-state index contributed by atoms with van der Waals surface area (Å²) in [5, 5.41) is 2.56. The predicted octanol–water partition coefficient (Wildman–Crippen LogP) is 1.27. The quantitative estimate of drug-likeness (QED) is 0.624. The van der Waals surface area contributed by atoms with Gasteiger partial charge >= 0.3 is 6.09 Å². The lowest BCUT2D eigenvalue weighted by Crippen LogP contribution is -2.30. The first-order valence-electron chi connectivity index (χ1n) is 9.33. The highest BCUT2D eigenvalue weighted by Crippen LogP contribution is 2.23. The average Bonchev–Trinajstić information content (AvgIpc) is 3.28. The summed E-state index contributed by atoms with van der Waals surface area (Å²) in [7, 11) is 0.